The monoisotopic (exact) mass is 394 g/mol. The molecule has 1 atom stereocenters. The maximum Gasteiger partial charge on any atom is 0.240 e. The van der Waals surface area contributed by atoms with E-state index in [1.54, 1.807) is 32.0 Å². The standard InChI is InChI=1S/C19H23FN2O4S/c1-4-19(23)22-16-8-9-18(13(2)10-16)27(24,25)21-12-17(26-3)14-6-5-7-15(20)11-14/h5-11,17,21H,4,12H2,1-3H3,(H,22,23)/t17-/m1/s1. The summed E-state index contributed by atoms with van der Waals surface area (Å²) in [5.74, 6) is -0.570. The molecular formula is C19H23FN2O4S. The van der Waals surface area contributed by atoms with Gasteiger partial charge < -0.3 is 10.1 Å². The number of amides is 1. The highest BCUT2D eigenvalue weighted by Gasteiger charge is 2.20. The van der Waals surface area contributed by atoms with Gasteiger partial charge in [0.1, 0.15) is 5.82 Å². The molecule has 0 aliphatic carbocycles. The first-order valence-electron chi connectivity index (χ1n) is 8.45. The van der Waals surface area contributed by atoms with Gasteiger partial charge in [-0.1, -0.05) is 19.1 Å². The maximum atomic E-state index is 13.4. The van der Waals surface area contributed by atoms with Crippen LogP contribution in [0.25, 0.3) is 0 Å². The molecule has 2 N–H and O–H groups in total. The molecule has 0 unspecified atom stereocenters. The molecule has 2 aromatic carbocycles. The number of methoxy groups -OCH3 is 1. The van der Waals surface area contributed by atoms with Crippen molar-refractivity contribution >= 4 is 21.6 Å². The number of carbonyl (C=O) groups excluding carboxylic acids is 1. The van der Waals surface area contributed by atoms with Gasteiger partial charge in [0.15, 0.2) is 0 Å². The Kier molecular flexibility index (Phi) is 7.06. The number of sulfonamides is 1. The lowest BCUT2D eigenvalue weighted by molar-refractivity contribution is -0.115. The Labute approximate surface area is 158 Å². The lowest BCUT2D eigenvalue weighted by atomic mass is 10.1. The molecule has 0 radical (unpaired) electrons. The van der Waals surface area contributed by atoms with Crippen molar-refractivity contribution < 1.29 is 22.3 Å². The first-order valence-corrected chi connectivity index (χ1v) is 9.93. The van der Waals surface area contributed by atoms with Crippen molar-refractivity contribution in [1.82, 2.24) is 4.72 Å². The second-order valence-electron chi connectivity index (χ2n) is 6.01. The number of nitrogens with one attached hydrogen (secondary N) is 2. The van der Waals surface area contributed by atoms with Crippen LogP contribution in [0, 0.1) is 12.7 Å². The fraction of sp³-hybridized carbons (Fsp3) is 0.316. The number of halogens is 1. The van der Waals surface area contributed by atoms with Crippen LogP contribution in [-0.4, -0.2) is 28.0 Å². The number of hydrogen-bond donors (Lipinski definition) is 2. The number of hydrogen-bond acceptors (Lipinski definition) is 4. The van der Waals surface area contributed by atoms with Gasteiger partial charge in [0.2, 0.25) is 15.9 Å². The molecule has 0 spiro atoms. The molecule has 0 aromatic heterocycles. The second-order valence-corrected chi connectivity index (χ2v) is 7.75. The van der Waals surface area contributed by atoms with Crippen LogP contribution in [0.15, 0.2) is 47.4 Å². The predicted octanol–water partition coefficient (Wildman–Crippen LogP) is 3.15. The van der Waals surface area contributed by atoms with E-state index in [-0.39, 0.29) is 17.3 Å². The molecule has 0 saturated carbocycles. The minimum Gasteiger partial charge on any atom is -0.375 e. The van der Waals surface area contributed by atoms with Crippen molar-refractivity contribution in [2.45, 2.75) is 31.3 Å². The van der Waals surface area contributed by atoms with E-state index in [1.165, 1.54) is 31.4 Å². The summed E-state index contributed by atoms with van der Waals surface area (Å²) in [6.07, 6.45) is -0.294. The first kappa shape index (κ1) is 21.0. The topological polar surface area (TPSA) is 84.5 Å². The van der Waals surface area contributed by atoms with Crippen LogP contribution in [0.2, 0.25) is 0 Å². The third kappa shape index (κ3) is 5.59. The van der Waals surface area contributed by atoms with Gasteiger partial charge in [-0.3, -0.25) is 4.79 Å². The van der Waals surface area contributed by atoms with Crippen LogP contribution in [0.3, 0.4) is 0 Å². The molecule has 1 amide bonds. The van der Waals surface area contributed by atoms with Crippen molar-refractivity contribution in [2.75, 3.05) is 19.0 Å². The zero-order valence-electron chi connectivity index (χ0n) is 15.5. The average Bonchev–Trinajstić information content (AvgIpc) is 2.62. The summed E-state index contributed by atoms with van der Waals surface area (Å²) in [4.78, 5) is 11.6. The molecular weight excluding hydrogens is 371 g/mol. The minimum atomic E-state index is -3.80. The molecule has 2 aromatic rings. The molecule has 0 aliphatic rings. The van der Waals surface area contributed by atoms with Crippen molar-refractivity contribution in [3.05, 3.63) is 59.4 Å². The second kappa shape index (κ2) is 9.07. The molecule has 146 valence electrons. The van der Waals surface area contributed by atoms with Crippen molar-refractivity contribution in [3.8, 4) is 0 Å². The highest BCUT2D eigenvalue weighted by molar-refractivity contribution is 7.89. The molecule has 27 heavy (non-hydrogen) atoms. The largest absolute Gasteiger partial charge is 0.375 e. The van der Waals surface area contributed by atoms with Crippen LogP contribution >= 0.6 is 0 Å². The zero-order chi connectivity index (χ0) is 20.0. The van der Waals surface area contributed by atoms with E-state index in [4.69, 9.17) is 4.74 Å². The average molecular weight is 394 g/mol. The van der Waals surface area contributed by atoms with Gasteiger partial charge in [-0.05, 0) is 48.4 Å². The smallest absolute Gasteiger partial charge is 0.240 e. The van der Waals surface area contributed by atoms with E-state index in [2.05, 4.69) is 10.0 Å². The Morgan fingerprint density at radius 2 is 1.96 bits per heavy atom. The van der Waals surface area contributed by atoms with Gasteiger partial charge in [0.05, 0.1) is 11.0 Å². The third-order valence-electron chi connectivity index (χ3n) is 4.03. The SMILES string of the molecule is CCC(=O)Nc1ccc(S(=O)(=O)NC[C@@H](OC)c2cccc(F)c2)c(C)c1. The van der Waals surface area contributed by atoms with Gasteiger partial charge in [0, 0.05) is 25.8 Å². The maximum absolute atomic E-state index is 13.4. The summed E-state index contributed by atoms with van der Waals surface area (Å²) in [7, 11) is -2.37. The molecule has 2 rings (SSSR count). The summed E-state index contributed by atoms with van der Waals surface area (Å²) in [5, 5.41) is 2.69. The lowest BCUT2D eigenvalue weighted by Gasteiger charge is -2.17. The quantitative estimate of drug-likeness (QED) is 0.720. The number of rotatable bonds is 8. The third-order valence-corrected chi connectivity index (χ3v) is 5.62. The summed E-state index contributed by atoms with van der Waals surface area (Å²) in [6.45, 7) is 3.34. The molecule has 6 nitrogen and oxygen atoms in total. The van der Waals surface area contributed by atoms with Crippen molar-refractivity contribution in [1.29, 1.82) is 0 Å². The number of carbonyl (C=O) groups is 1. The van der Waals surface area contributed by atoms with Gasteiger partial charge in [-0.2, -0.15) is 0 Å². The summed E-state index contributed by atoms with van der Waals surface area (Å²) in [6, 6.07) is 10.4. The van der Waals surface area contributed by atoms with Crippen LogP contribution in [0.5, 0.6) is 0 Å². The zero-order valence-corrected chi connectivity index (χ0v) is 16.3. The fourth-order valence-electron chi connectivity index (χ4n) is 2.59. The van der Waals surface area contributed by atoms with Crippen molar-refractivity contribution in [2.24, 2.45) is 0 Å². The van der Waals surface area contributed by atoms with E-state index in [1.807, 2.05) is 0 Å². The Morgan fingerprint density at radius 3 is 2.56 bits per heavy atom. The van der Waals surface area contributed by atoms with Crippen LogP contribution in [-0.2, 0) is 19.6 Å². The number of aryl methyl sites for hydroxylation is 1. The van der Waals surface area contributed by atoms with E-state index < -0.39 is 21.9 Å². The predicted molar refractivity (Wildman–Crippen MR) is 101 cm³/mol. The molecule has 0 heterocycles. The van der Waals surface area contributed by atoms with Crippen LogP contribution < -0.4 is 10.0 Å². The number of benzene rings is 2. The number of ether oxygens (including phenoxy) is 1. The first-order chi connectivity index (χ1) is 12.8. The molecule has 0 bridgehead atoms. The van der Waals surface area contributed by atoms with Gasteiger partial charge in [-0.15, -0.1) is 0 Å². The van der Waals surface area contributed by atoms with E-state index >= 15 is 0 Å². The Hall–Kier alpha value is -2.29. The van der Waals surface area contributed by atoms with Crippen LogP contribution in [0.4, 0.5) is 10.1 Å². The highest BCUT2D eigenvalue weighted by Crippen LogP contribution is 2.21. The van der Waals surface area contributed by atoms with Gasteiger partial charge in [0.25, 0.3) is 0 Å². The Morgan fingerprint density at radius 1 is 1.22 bits per heavy atom. The molecule has 8 heteroatoms. The van der Waals surface area contributed by atoms with Crippen LogP contribution in [0.1, 0.15) is 30.6 Å². The van der Waals surface area contributed by atoms with E-state index in [0.717, 1.165) is 0 Å². The lowest BCUT2D eigenvalue weighted by Crippen LogP contribution is -2.29. The molecule has 0 saturated heterocycles. The number of anilines is 1. The Bertz CT molecular complexity index is 916. The Balaban J connectivity index is 2.14. The van der Waals surface area contributed by atoms with E-state index in [9.17, 15) is 17.6 Å². The highest BCUT2D eigenvalue weighted by atomic mass is 32.2. The molecule has 0 aliphatic heterocycles. The van der Waals surface area contributed by atoms with Gasteiger partial charge in [-0.25, -0.2) is 17.5 Å². The van der Waals surface area contributed by atoms with E-state index in [0.29, 0.717) is 23.2 Å². The normalized spacial score (nSPS) is 12.6. The summed E-state index contributed by atoms with van der Waals surface area (Å²) < 4.78 is 46.4. The van der Waals surface area contributed by atoms with Gasteiger partial charge >= 0.3 is 0 Å². The summed E-state index contributed by atoms with van der Waals surface area (Å²) >= 11 is 0. The minimum absolute atomic E-state index is 0.0456. The molecule has 0 fully saturated rings. The fourth-order valence-corrected chi connectivity index (χ4v) is 3.84. The van der Waals surface area contributed by atoms with Crippen molar-refractivity contribution in [3.63, 3.8) is 0 Å². The summed E-state index contributed by atoms with van der Waals surface area (Å²) in [5.41, 5.74) is 1.57.